The van der Waals surface area contributed by atoms with E-state index in [1.807, 2.05) is 39.2 Å². The average Bonchev–Trinajstić information content (AvgIpc) is 3.71. The lowest BCUT2D eigenvalue weighted by Crippen LogP contribution is -2.21. The van der Waals surface area contributed by atoms with Gasteiger partial charge in [0.15, 0.2) is 5.82 Å². The molecule has 1 aliphatic rings. The van der Waals surface area contributed by atoms with E-state index in [1.165, 1.54) is 18.5 Å². The predicted octanol–water partition coefficient (Wildman–Crippen LogP) is 5.60. The Hall–Kier alpha value is -4.49. The third-order valence-electron chi connectivity index (χ3n) is 7.03. The zero-order valence-corrected chi connectivity index (χ0v) is 24.9. The first kappa shape index (κ1) is 31.0. The number of nitrogens with one attached hydrogen (secondary N) is 4. The smallest absolute Gasteiger partial charge is 0.367 e. The first-order valence-corrected chi connectivity index (χ1v) is 14.4. The zero-order chi connectivity index (χ0) is 31.3. The Morgan fingerprint density at radius 1 is 1.07 bits per heavy atom. The molecule has 1 saturated carbocycles. The van der Waals surface area contributed by atoms with Gasteiger partial charge in [0, 0.05) is 41.7 Å². The summed E-state index contributed by atoms with van der Waals surface area (Å²) >= 11 is 0. The number of aryl methyl sites for hydroxylation is 1. The molecule has 0 saturated heterocycles. The number of hydrogen-bond donors (Lipinski definition) is 4. The van der Waals surface area contributed by atoms with E-state index in [0.717, 1.165) is 61.6 Å². The maximum atomic E-state index is 13.2. The Labute approximate surface area is 254 Å². The van der Waals surface area contributed by atoms with Crippen LogP contribution in [-0.4, -0.2) is 63.8 Å². The Morgan fingerprint density at radius 2 is 1.89 bits per heavy atom. The van der Waals surface area contributed by atoms with Crippen molar-refractivity contribution < 1.29 is 18.0 Å². The molecule has 232 valence electrons. The van der Waals surface area contributed by atoms with Gasteiger partial charge >= 0.3 is 6.18 Å². The topological polar surface area (TPSA) is 112 Å². The number of nitrogens with zero attached hydrogens (tertiary/aromatic N) is 5. The number of alkyl halides is 3. The Bertz CT molecular complexity index is 1600. The van der Waals surface area contributed by atoms with Crippen molar-refractivity contribution in [2.24, 2.45) is 0 Å². The molecule has 0 aliphatic heterocycles. The maximum Gasteiger partial charge on any atom is 0.416 e. The molecule has 2 aromatic carbocycles. The van der Waals surface area contributed by atoms with Gasteiger partial charge in [0.25, 0.3) is 5.91 Å². The van der Waals surface area contributed by atoms with Crippen LogP contribution in [0.1, 0.15) is 46.4 Å². The average molecular weight is 608 g/mol. The summed E-state index contributed by atoms with van der Waals surface area (Å²) in [6.45, 7) is 4.28. The van der Waals surface area contributed by atoms with Crippen molar-refractivity contribution in [1.82, 2.24) is 30.0 Å². The lowest BCUT2D eigenvalue weighted by Gasteiger charge is -2.14. The van der Waals surface area contributed by atoms with Crippen molar-refractivity contribution in [3.63, 3.8) is 0 Å². The van der Waals surface area contributed by atoms with Gasteiger partial charge in [0.2, 0.25) is 0 Å². The van der Waals surface area contributed by atoms with E-state index in [2.05, 4.69) is 36.1 Å². The number of amides is 1. The molecule has 1 aliphatic carbocycles. The van der Waals surface area contributed by atoms with Gasteiger partial charge in [-0.15, -0.1) is 0 Å². The second kappa shape index (κ2) is 13.4. The summed E-state index contributed by atoms with van der Waals surface area (Å²) in [6.07, 6.45) is 0.174. The molecule has 4 aromatic rings. The van der Waals surface area contributed by atoms with Gasteiger partial charge in [0.1, 0.15) is 18.0 Å². The summed E-state index contributed by atoms with van der Waals surface area (Å²) in [5.41, 5.74) is 1.83. The number of carbonyl (C=O) groups is 1. The molecule has 0 unspecified atom stereocenters. The number of rotatable bonds is 13. The molecule has 44 heavy (non-hydrogen) atoms. The standard InChI is InChI=1S/C31H36F3N9O/c1-20-8-9-24(39-30(44)21-6-4-7-22(14-21)31(32,33)34)15-26(20)40-29-16-25(18-35-12-5-13-42(2)3)41-43(29)28-17-27(36-19-37-28)38-23-10-11-23/h4,6-9,14-17,19,23,35,40H,5,10-13,18H2,1-3H3,(H,39,44)(H,36,37,38). The number of carbonyl (C=O) groups excluding carboxylic acids is 1. The number of aromatic nitrogens is 4. The van der Waals surface area contributed by atoms with E-state index in [-0.39, 0.29) is 5.56 Å². The zero-order valence-electron chi connectivity index (χ0n) is 24.9. The Morgan fingerprint density at radius 3 is 2.64 bits per heavy atom. The van der Waals surface area contributed by atoms with Gasteiger partial charge in [-0.05, 0) is 89.3 Å². The minimum Gasteiger partial charge on any atom is -0.367 e. The van der Waals surface area contributed by atoms with Gasteiger partial charge in [-0.25, -0.2) is 9.97 Å². The van der Waals surface area contributed by atoms with Crippen molar-refractivity contribution in [1.29, 1.82) is 0 Å². The quantitative estimate of drug-likeness (QED) is 0.145. The number of anilines is 4. The number of hydrogen-bond acceptors (Lipinski definition) is 8. The fourth-order valence-electron chi connectivity index (χ4n) is 4.51. The van der Waals surface area contributed by atoms with Crippen molar-refractivity contribution in [2.45, 2.75) is 44.9 Å². The fourth-order valence-corrected chi connectivity index (χ4v) is 4.51. The van der Waals surface area contributed by atoms with Gasteiger partial charge in [0.05, 0.1) is 11.3 Å². The van der Waals surface area contributed by atoms with Crippen LogP contribution in [0.2, 0.25) is 0 Å². The second-order valence-corrected chi connectivity index (χ2v) is 11.1. The molecule has 13 heteroatoms. The SMILES string of the molecule is Cc1ccc(NC(=O)c2cccc(C(F)(F)F)c2)cc1Nc1cc(CNCCCN(C)C)nn1-c1cc(NC2CC2)ncn1. The van der Waals surface area contributed by atoms with Crippen LogP contribution in [0, 0.1) is 6.92 Å². The lowest BCUT2D eigenvalue weighted by molar-refractivity contribution is -0.137. The fraction of sp³-hybridized carbons (Fsp3) is 0.355. The van der Waals surface area contributed by atoms with Crippen molar-refractivity contribution in [2.75, 3.05) is 43.1 Å². The van der Waals surface area contributed by atoms with E-state index in [1.54, 1.807) is 16.8 Å². The van der Waals surface area contributed by atoms with Gasteiger partial charge in [-0.1, -0.05) is 12.1 Å². The summed E-state index contributed by atoms with van der Waals surface area (Å²) < 4.78 is 41.2. The Balaban J connectivity index is 1.37. The highest BCUT2D eigenvalue weighted by molar-refractivity contribution is 6.04. The van der Waals surface area contributed by atoms with E-state index in [4.69, 9.17) is 5.10 Å². The van der Waals surface area contributed by atoms with Gasteiger partial charge in [-0.2, -0.15) is 23.0 Å². The van der Waals surface area contributed by atoms with Crippen molar-refractivity contribution in [3.05, 3.63) is 83.3 Å². The normalized spacial score (nSPS) is 13.2. The molecule has 2 heterocycles. The van der Waals surface area contributed by atoms with Crippen LogP contribution in [0.25, 0.3) is 5.82 Å². The first-order valence-electron chi connectivity index (χ1n) is 14.4. The van der Waals surface area contributed by atoms with Crippen LogP contribution in [0.15, 0.2) is 60.9 Å². The summed E-state index contributed by atoms with van der Waals surface area (Å²) in [4.78, 5) is 23.8. The highest BCUT2D eigenvalue weighted by atomic mass is 19.4. The minimum atomic E-state index is -4.54. The molecule has 0 bridgehead atoms. The largest absolute Gasteiger partial charge is 0.416 e. The number of benzene rings is 2. The second-order valence-electron chi connectivity index (χ2n) is 11.1. The molecule has 0 radical (unpaired) electrons. The molecule has 5 rings (SSSR count). The molecule has 10 nitrogen and oxygen atoms in total. The molecule has 1 amide bonds. The maximum absolute atomic E-state index is 13.2. The van der Waals surface area contributed by atoms with Gasteiger partial charge < -0.3 is 26.2 Å². The van der Waals surface area contributed by atoms with Crippen LogP contribution in [0.5, 0.6) is 0 Å². The van der Waals surface area contributed by atoms with Crippen molar-refractivity contribution >= 4 is 28.9 Å². The molecular weight excluding hydrogens is 571 g/mol. The predicted molar refractivity (Wildman–Crippen MR) is 165 cm³/mol. The van der Waals surface area contributed by atoms with Gasteiger partial charge in [-0.3, -0.25) is 4.79 Å². The highest BCUT2D eigenvalue weighted by Gasteiger charge is 2.31. The first-order chi connectivity index (χ1) is 21.0. The third kappa shape index (κ3) is 8.32. The van der Waals surface area contributed by atoms with E-state index < -0.39 is 17.6 Å². The molecule has 4 N–H and O–H groups in total. The van der Waals surface area contributed by atoms with Crippen LogP contribution < -0.4 is 21.3 Å². The monoisotopic (exact) mass is 607 g/mol. The molecule has 0 atom stereocenters. The molecule has 2 aromatic heterocycles. The molecular formula is C31H36F3N9O. The lowest BCUT2D eigenvalue weighted by atomic mass is 10.1. The van der Waals surface area contributed by atoms with Crippen LogP contribution in [0.3, 0.4) is 0 Å². The summed E-state index contributed by atoms with van der Waals surface area (Å²) in [6, 6.07) is 13.8. The van der Waals surface area contributed by atoms with Crippen LogP contribution in [0.4, 0.5) is 36.2 Å². The Kier molecular flexibility index (Phi) is 9.45. The van der Waals surface area contributed by atoms with E-state index in [9.17, 15) is 18.0 Å². The van der Waals surface area contributed by atoms with Crippen LogP contribution in [-0.2, 0) is 12.7 Å². The number of halogens is 3. The molecule has 0 spiro atoms. The van der Waals surface area contributed by atoms with E-state index >= 15 is 0 Å². The third-order valence-corrected chi connectivity index (χ3v) is 7.03. The minimum absolute atomic E-state index is 0.0879. The molecule has 1 fully saturated rings. The van der Waals surface area contributed by atoms with Crippen LogP contribution >= 0.6 is 0 Å². The highest BCUT2D eigenvalue weighted by Crippen LogP contribution is 2.31. The summed E-state index contributed by atoms with van der Waals surface area (Å²) in [5, 5.41) is 17.8. The summed E-state index contributed by atoms with van der Waals surface area (Å²) in [7, 11) is 4.09. The van der Waals surface area contributed by atoms with Crippen molar-refractivity contribution in [3.8, 4) is 5.82 Å². The summed E-state index contributed by atoms with van der Waals surface area (Å²) in [5.74, 6) is 1.31. The van der Waals surface area contributed by atoms with E-state index in [0.29, 0.717) is 35.6 Å².